The minimum absolute atomic E-state index is 0.105. The standard InChI is InChI=1S/C79H154O17P2/c1-8-10-11-12-13-14-31-39-46-53-60-76(81)89-67-75(96-79(84)63-56-49-42-35-34-37-44-51-58-71(5)6)69-94-98(87,88)92-65-73(80)64-91-97(85,86)93-68-74(66-90-77(82)61-54-47-40-32-27-24-23-25-29-36-43-50-57-70(3)4)95-78(83)62-55-48-41-33-28-22-20-18-16-15-17-19-21-26-30-38-45-52-59-72(7)9-2/h70-75,80H,8-69H2,1-7H3,(H,85,86)(H,87,88)/t72?,73-,74-,75-/m1/s1. The van der Waals surface area contributed by atoms with E-state index in [0.717, 1.165) is 108 Å². The van der Waals surface area contributed by atoms with E-state index in [0.29, 0.717) is 25.7 Å². The van der Waals surface area contributed by atoms with Crippen LogP contribution in [0.25, 0.3) is 0 Å². The lowest BCUT2D eigenvalue weighted by atomic mass is 9.99. The van der Waals surface area contributed by atoms with Crippen LogP contribution in [0.3, 0.4) is 0 Å². The van der Waals surface area contributed by atoms with Crippen LogP contribution in [0, 0.1) is 17.8 Å². The highest BCUT2D eigenvalue weighted by Gasteiger charge is 2.30. The molecule has 0 rings (SSSR count). The lowest BCUT2D eigenvalue weighted by Crippen LogP contribution is -2.30. The molecular formula is C79H154O17P2. The highest BCUT2D eigenvalue weighted by Crippen LogP contribution is 2.45. The van der Waals surface area contributed by atoms with Crippen LogP contribution in [0.15, 0.2) is 0 Å². The molecule has 0 aliphatic rings. The Labute approximate surface area is 600 Å². The van der Waals surface area contributed by atoms with Gasteiger partial charge < -0.3 is 33.8 Å². The fourth-order valence-electron chi connectivity index (χ4n) is 12.1. The molecule has 0 amide bonds. The Morgan fingerprint density at radius 3 is 0.776 bits per heavy atom. The fraction of sp³-hybridized carbons (Fsp3) is 0.949. The smallest absolute Gasteiger partial charge is 0.462 e. The average Bonchev–Trinajstić information content (AvgIpc) is 1.24. The number of carbonyl (C=O) groups excluding carboxylic acids is 4. The number of phosphoric ester groups is 2. The zero-order chi connectivity index (χ0) is 72.3. The van der Waals surface area contributed by atoms with Gasteiger partial charge in [0.1, 0.15) is 19.3 Å². The van der Waals surface area contributed by atoms with E-state index in [1.165, 1.54) is 218 Å². The summed E-state index contributed by atoms with van der Waals surface area (Å²) in [6, 6.07) is 0. The van der Waals surface area contributed by atoms with Gasteiger partial charge in [-0.25, -0.2) is 9.13 Å². The van der Waals surface area contributed by atoms with Gasteiger partial charge in [-0.2, -0.15) is 0 Å². The van der Waals surface area contributed by atoms with Crippen molar-refractivity contribution in [3.63, 3.8) is 0 Å². The number of esters is 4. The van der Waals surface area contributed by atoms with Gasteiger partial charge in [-0.15, -0.1) is 0 Å². The maximum Gasteiger partial charge on any atom is 0.472 e. The van der Waals surface area contributed by atoms with Crippen LogP contribution < -0.4 is 0 Å². The number of hydrogen-bond acceptors (Lipinski definition) is 15. The Hall–Kier alpha value is -1.94. The molecule has 582 valence electrons. The SMILES string of the molecule is CCCCCCCCCCCCC(=O)OC[C@H](COP(=O)(O)OC[C@H](O)COP(=O)(O)OC[C@@H](COC(=O)CCCCCCCCCCCCCCC(C)C)OC(=O)CCCCCCCCCCCCCCCCCCCCC(C)CC)OC(=O)CCCCCCCCCCC(C)C. The molecule has 0 aromatic carbocycles. The molecule has 0 heterocycles. The number of rotatable bonds is 77. The van der Waals surface area contributed by atoms with Crippen LogP contribution in [0.4, 0.5) is 0 Å². The normalized spacial score (nSPS) is 14.3. The van der Waals surface area contributed by atoms with E-state index in [-0.39, 0.29) is 25.7 Å². The molecule has 19 heteroatoms. The van der Waals surface area contributed by atoms with E-state index in [2.05, 4.69) is 48.5 Å². The van der Waals surface area contributed by atoms with Gasteiger partial charge in [-0.3, -0.25) is 37.3 Å². The number of unbranched alkanes of at least 4 members (excludes halogenated alkanes) is 44. The summed E-state index contributed by atoms with van der Waals surface area (Å²) in [5, 5.41) is 10.6. The predicted octanol–water partition coefficient (Wildman–Crippen LogP) is 23.4. The second-order valence-corrected chi connectivity index (χ2v) is 32.6. The van der Waals surface area contributed by atoms with E-state index < -0.39 is 97.5 Å². The Kier molecular flexibility index (Phi) is 68.1. The highest BCUT2D eigenvalue weighted by molar-refractivity contribution is 7.47. The summed E-state index contributed by atoms with van der Waals surface area (Å²) >= 11 is 0. The van der Waals surface area contributed by atoms with Gasteiger partial charge in [0.05, 0.1) is 26.4 Å². The minimum atomic E-state index is -4.96. The lowest BCUT2D eigenvalue weighted by molar-refractivity contribution is -0.161. The second-order valence-electron chi connectivity index (χ2n) is 29.6. The van der Waals surface area contributed by atoms with Gasteiger partial charge in [-0.1, -0.05) is 357 Å². The molecular weight excluding hydrogens is 1280 g/mol. The predicted molar refractivity (Wildman–Crippen MR) is 400 cm³/mol. The maximum atomic E-state index is 13.1. The van der Waals surface area contributed by atoms with Gasteiger partial charge in [0.2, 0.25) is 0 Å². The third kappa shape index (κ3) is 71.1. The topological polar surface area (TPSA) is 237 Å². The molecule has 0 spiro atoms. The lowest BCUT2D eigenvalue weighted by Gasteiger charge is -2.21. The van der Waals surface area contributed by atoms with E-state index in [4.69, 9.17) is 37.0 Å². The first-order chi connectivity index (χ1) is 47.3. The number of carbonyl (C=O) groups is 4. The number of phosphoric acid groups is 2. The second kappa shape index (κ2) is 69.4. The van der Waals surface area contributed by atoms with Crippen LogP contribution in [-0.4, -0.2) is 96.7 Å². The van der Waals surface area contributed by atoms with Crippen molar-refractivity contribution in [2.24, 2.45) is 17.8 Å². The summed E-state index contributed by atoms with van der Waals surface area (Å²) in [4.78, 5) is 72.9. The number of ether oxygens (including phenoxy) is 4. The fourth-order valence-corrected chi connectivity index (χ4v) is 13.7. The monoisotopic (exact) mass is 1440 g/mol. The van der Waals surface area contributed by atoms with Crippen molar-refractivity contribution in [3.8, 4) is 0 Å². The maximum absolute atomic E-state index is 13.1. The zero-order valence-electron chi connectivity index (χ0n) is 64.3. The highest BCUT2D eigenvalue weighted by atomic mass is 31.2. The minimum Gasteiger partial charge on any atom is -0.462 e. The summed E-state index contributed by atoms with van der Waals surface area (Å²) < 4.78 is 68.6. The molecule has 0 aliphatic heterocycles. The van der Waals surface area contributed by atoms with E-state index in [1.807, 2.05) is 0 Å². The molecule has 0 aromatic heterocycles. The van der Waals surface area contributed by atoms with Crippen molar-refractivity contribution in [1.29, 1.82) is 0 Å². The summed E-state index contributed by atoms with van der Waals surface area (Å²) in [6.07, 6.45) is 56.9. The van der Waals surface area contributed by atoms with E-state index in [1.54, 1.807) is 0 Å². The first kappa shape index (κ1) is 96.1. The van der Waals surface area contributed by atoms with Gasteiger partial charge >= 0.3 is 39.5 Å². The molecule has 0 bridgehead atoms. The first-order valence-electron chi connectivity index (χ1n) is 40.9. The van der Waals surface area contributed by atoms with Gasteiger partial charge in [0.25, 0.3) is 0 Å². The van der Waals surface area contributed by atoms with E-state index in [9.17, 15) is 43.2 Å². The summed E-state index contributed by atoms with van der Waals surface area (Å²) in [5.74, 6) is 0.255. The Morgan fingerprint density at radius 2 is 0.520 bits per heavy atom. The third-order valence-corrected chi connectivity index (χ3v) is 20.6. The number of hydrogen-bond donors (Lipinski definition) is 3. The van der Waals surface area contributed by atoms with Crippen molar-refractivity contribution >= 4 is 39.5 Å². The third-order valence-electron chi connectivity index (χ3n) is 18.7. The van der Waals surface area contributed by atoms with Gasteiger partial charge in [0.15, 0.2) is 12.2 Å². The van der Waals surface area contributed by atoms with Crippen molar-refractivity contribution in [2.75, 3.05) is 39.6 Å². The quantitative estimate of drug-likeness (QED) is 0.0222. The largest absolute Gasteiger partial charge is 0.472 e. The molecule has 98 heavy (non-hydrogen) atoms. The van der Waals surface area contributed by atoms with Gasteiger partial charge in [0, 0.05) is 25.7 Å². The molecule has 3 N–H and O–H groups in total. The van der Waals surface area contributed by atoms with Crippen molar-refractivity contribution in [3.05, 3.63) is 0 Å². The number of aliphatic hydroxyl groups excluding tert-OH is 1. The van der Waals surface area contributed by atoms with Crippen LogP contribution >= 0.6 is 15.6 Å². The summed E-state index contributed by atoms with van der Waals surface area (Å²) in [5.41, 5.74) is 0. The van der Waals surface area contributed by atoms with Crippen LogP contribution in [0.5, 0.6) is 0 Å². The molecule has 0 aromatic rings. The van der Waals surface area contributed by atoms with E-state index >= 15 is 0 Å². The Bertz CT molecular complexity index is 1910. The molecule has 0 saturated carbocycles. The van der Waals surface area contributed by atoms with Crippen molar-refractivity contribution < 1.29 is 80.2 Å². The zero-order valence-corrected chi connectivity index (χ0v) is 66.0. The molecule has 0 radical (unpaired) electrons. The molecule has 0 fully saturated rings. The van der Waals surface area contributed by atoms with Crippen LogP contribution in [-0.2, 0) is 65.4 Å². The summed E-state index contributed by atoms with van der Waals surface area (Å²) in [7, 11) is -9.91. The average molecular weight is 1440 g/mol. The summed E-state index contributed by atoms with van der Waals surface area (Å²) in [6.45, 7) is 11.9. The molecule has 0 aliphatic carbocycles. The molecule has 6 atom stereocenters. The molecule has 0 saturated heterocycles. The van der Waals surface area contributed by atoms with Crippen molar-refractivity contribution in [2.45, 2.75) is 426 Å². The first-order valence-corrected chi connectivity index (χ1v) is 43.9. The molecule has 3 unspecified atom stereocenters. The molecule has 17 nitrogen and oxygen atoms in total. The van der Waals surface area contributed by atoms with Crippen molar-refractivity contribution in [1.82, 2.24) is 0 Å². The van der Waals surface area contributed by atoms with Crippen LogP contribution in [0.2, 0.25) is 0 Å². The Balaban J connectivity index is 5.20. The van der Waals surface area contributed by atoms with Crippen LogP contribution in [0.1, 0.15) is 408 Å². The van der Waals surface area contributed by atoms with Gasteiger partial charge in [-0.05, 0) is 43.4 Å². The Morgan fingerprint density at radius 1 is 0.296 bits per heavy atom. The number of aliphatic hydroxyl groups is 1.